The minimum absolute atomic E-state index is 0.0728. The number of amides is 2. The van der Waals surface area contributed by atoms with Gasteiger partial charge in [-0.1, -0.05) is 6.07 Å². The van der Waals surface area contributed by atoms with E-state index in [1.54, 1.807) is 11.1 Å². The van der Waals surface area contributed by atoms with Crippen molar-refractivity contribution in [2.24, 2.45) is 0 Å². The summed E-state index contributed by atoms with van der Waals surface area (Å²) in [6.45, 7) is 5.33. The molecule has 0 saturated carbocycles. The van der Waals surface area contributed by atoms with Gasteiger partial charge in [-0.3, -0.25) is 4.98 Å². The highest BCUT2D eigenvalue weighted by molar-refractivity contribution is 6.00. The molecule has 0 aliphatic heterocycles. The second-order valence-electron chi connectivity index (χ2n) is 3.98. The van der Waals surface area contributed by atoms with Crippen LogP contribution in [0.4, 0.5) is 10.5 Å². The molecule has 0 spiro atoms. The van der Waals surface area contributed by atoms with Gasteiger partial charge >= 0.3 is 6.03 Å². The first-order valence-electron chi connectivity index (χ1n) is 6.16. The minimum atomic E-state index is -0.0728. The maximum atomic E-state index is 12.0. The fourth-order valence-corrected chi connectivity index (χ4v) is 1.92. The van der Waals surface area contributed by atoms with Gasteiger partial charge in [-0.15, -0.1) is 0 Å². The number of anilines is 1. The van der Waals surface area contributed by atoms with Gasteiger partial charge in [-0.2, -0.15) is 0 Å². The Kier molecular flexibility index (Phi) is 3.77. The second-order valence-corrected chi connectivity index (χ2v) is 3.98. The van der Waals surface area contributed by atoms with Crippen molar-refractivity contribution in [3.63, 3.8) is 0 Å². The number of nitrogens with one attached hydrogen (secondary N) is 1. The van der Waals surface area contributed by atoms with Crippen LogP contribution in [-0.4, -0.2) is 29.0 Å². The number of carbonyl (C=O) groups is 1. The van der Waals surface area contributed by atoms with E-state index in [2.05, 4.69) is 10.3 Å². The number of nitrogens with zero attached hydrogens (tertiary/aromatic N) is 2. The number of rotatable bonds is 3. The lowest BCUT2D eigenvalue weighted by atomic mass is 10.2. The molecule has 0 aliphatic carbocycles. The Balaban J connectivity index is 2.29. The minimum Gasteiger partial charge on any atom is -0.325 e. The highest BCUT2D eigenvalue weighted by Gasteiger charge is 2.10. The van der Waals surface area contributed by atoms with Crippen molar-refractivity contribution in [2.75, 3.05) is 18.4 Å². The molecule has 2 aromatic rings. The Labute approximate surface area is 107 Å². The van der Waals surface area contributed by atoms with Gasteiger partial charge in [-0.05, 0) is 38.1 Å². The zero-order valence-electron chi connectivity index (χ0n) is 10.7. The first kappa shape index (κ1) is 12.4. The molecule has 94 valence electrons. The molecule has 1 aromatic heterocycles. The van der Waals surface area contributed by atoms with Gasteiger partial charge in [0.1, 0.15) is 0 Å². The van der Waals surface area contributed by atoms with Gasteiger partial charge in [0.25, 0.3) is 0 Å². The van der Waals surface area contributed by atoms with Crippen LogP contribution in [0.25, 0.3) is 10.9 Å². The third-order valence-corrected chi connectivity index (χ3v) is 2.94. The van der Waals surface area contributed by atoms with Crippen LogP contribution in [-0.2, 0) is 0 Å². The standard InChI is InChI=1S/C14H17N3O/c1-3-17(4-2)14(18)16-13-9-5-8-12-11(13)7-6-10-15-12/h5-10H,3-4H2,1-2H3,(H,16,18). The Hall–Kier alpha value is -2.10. The number of urea groups is 1. The molecule has 1 aromatic carbocycles. The zero-order valence-corrected chi connectivity index (χ0v) is 10.7. The molecule has 1 heterocycles. The van der Waals surface area contributed by atoms with E-state index in [9.17, 15) is 4.79 Å². The molecule has 0 fully saturated rings. The summed E-state index contributed by atoms with van der Waals surface area (Å²) < 4.78 is 0. The maximum absolute atomic E-state index is 12.0. The number of hydrogen-bond acceptors (Lipinski definition) is 2. The molecule has 0 unspecified atom stereocenters. The predicted molar refractivity (Wildman–Crippen MR) is 73.7 cm³/mol. The smallest absolute Gasteiger partial charge is 0.321 e. The van der Waals surface area contributed by atoms with Gasteiger partial charge < -0.3 is 10.2 Å². The van der Waals surface area contributed by atoms with Gasteiger partial charge in [0, 0.05) is 24.7 Å². The summed E-state index contributed by atoms with van der Waals surface area (Å²) in [5.41, 5.74) is 1.69. The third kappa shape index (κ3) is 2.42. The predicted octanol–water partition coefficient (Wildman–Crippen LogP) is 3.11. The van der Waals surface area contributed by atoms with Crippen LogP contribution in [0.2, 0.25) is 0 Å². The molecule has 0 bridgehead atoms. The number of fused-ring (bicyclic) bond motifs is 1. The van der Waals surface area contributed by atoms with Gasteiger partial charge in [0.2, 0.25) is 0 Å². The fourth-order valence-electron chi connectivity index (χ4n) is 1.92. The van der Waals surface area contributed by atoms with Crippen molar-refractivity contribution in [3.05, 3.63) is 36.5 Å². The van der Waals surface area contributed by atoms with E-state index in [0.717, 1.165) is 16.6 Å². The summed E-state index contributed by atoms with van der Waals surface area (Å²) in [4.78, 5) is 18.0. The summed E-state index contributed by atoms with van der Waals surface area (Å²) in [5, 5.41) is 3.89. The molecule has 0 atom stereocenters. The fraction of sp³-hybridized carbons (Fsp3) is 0.286. The van der Waals surface area contributed by atoms with Crippen LogP contribution in [0.15, 0.2) is 36.5 Å². The summed E-state index contributed by atoms with van der Waals surface area (Å²) in [6, 6.07) is 9.48. The van der Waals surface area contributed by atoms with Crippen molar-refractivity contribution in [1.82, 2.24) is 9.88 Å². The van der Waals surface area contributed by atoms with Crippen molar-refractivity contribution >= 4 is 22.6 Å². The van der Waals surface area contributed by atoms with E-state index in [-0.39, 0.29) is 6.03 Å². The summed E-state index contributed by atoms with van der Waals surface area (Å²) in [7, 11) is 0. The van der Waals surface area contributed by atoms with Crippen molar-refractivity contribution in [2.45, 2.75) is 13.8 Å². The van der Waals surface area contributed by atoms with Crippen LogP contribution in [0.5, 0.6) is 0 Å². The topological polar surface area (TPSA) is 45.2 Å². The van der Waals surface area contributed by atoms with E-state index >= 15 is 0 Å². The number of benzene rings is 1. The SMILES string of the molecule is CCN(CC)C(=O)Nc1cccc2ncccc12. The first-order chi connectivity index (χ1) is 8.76. The molecule has 18 heavy (non-hydrogen) atoms. The summed E-state index contributed by atoms with van der Waals surface area (Å²) >= 11 is 0. The molecular formula is C14H17N3O. The van der Waals surface area contributed by atoms with Crippen molar-refractivity contribution < 1.29 is 4.79 Å². The number of pyridine rings is 1. The quantitative estimate of drug-likeness (QED) is 0.900. The average molecular weight is 243 g/mol. The average Bonchev–Trinajstić information content (AvgIpc) is 2.40. The monoisotopic (exact) mass is 243 g/mol. The van der Waals surface area contributed by atoms with Crippen LogP contribution in [0.1, 0.15) is 13.8 Å². The highest BCUT2D eigenvalue weighted by Crippen LogP contribution is 2.21. The van der Waals surface area contributed by atoms with Crippen molar-refractivity contribution in [1.29, 1.82) is 0 Å². The molecule has 2 amide bonds. The second kappa shape index (κ2) is 5.49. The third-order valence-electron chi connectivity index (χ3n) is 2.94. The molecule has 1 N–H and O–H groups in total. The lowest BCUT2D eigenvalue weighted by molar-refractivity contribution is 0.217. The van der Waals surface area contributed by atoms with Gasteiger partial charge in [0.15, 0.2) is 0 Å². The van der Waals surface area contributed by atoms with Crippen molar-refractivity contribution in [3.8, 4) is 0 Å². The summed E-state index contributed by atoms with van der Waals surface area (Å²) in [5.74, 6) is 0. The van der Waals surface area contributed by atoms with E-state index in [1.165, 1.54) is 0 Å². The number of carbonyl (C=O) groups excluding carboxylic acids is 1. The largest absolute Gasteiger partial charge is 0.325 e. The molecule has 0 radical (unpaired) electrons. The molecule has 0 saturated heterocycles. The van der Waals surface area contributed by atoms with Crippen LogP contribution >= 0.6 is 0 Å². The van der Waals surface area contributed by atoms with E-state index in [1.807, 2.05) is 44.2 Å². The van der Waals surface area contributed by atoms with Crippen LogP contribution < -0.4 is 5.32 Å². The zero-order chi connectivity index (χ0) is 13.0. The van der Waals surface area contributed by atoms with E-state index in [4.69, 9.17) is 0 Å². The number of aromatic nitrogens is 1. The molecular weight excluding hydrogens is 226 g/mol. The lowest BCUT2D eigenvalue weighted by Gasteiger charge is -2.19. The highest BCUT2D eigenvalue weighted by atomic mass is 16.2. The Morgan fingerprint density at radius 3 is 2.72 bits per heavy atom. The van der Waals surface area contributed by atoms with Gasteiger partial charge in [-0.25, -0.2) is 4.79 Å². The Morgan fingerprint density at radius 2 is 2.00 bits per heavy atom. The van der Waals surface area contributed by atoms with Crippen LogP contribution in [0, 0.1) is 0 Å². The molecule has 4 nitrogen and oxygen atoms in total. The first-order valence-corrected chi connectivity index (χ1v) is 6.16. The van der Waals surface area contributed by atoms with Crippen LogP contribution in [0.3, 0.4) is 0 Å². The summed E-state index contributed by atoms with van der Waals surface area (Å²) in [6.07, 6.45) is 1.75. The van der Waals surface area contributed by atoms with E-state index < -0.39 is 0 Å². The lowest BCUT2D eigenvalue weighted by Crippen LogP contribution is -2.34. The molecule has 0 aliphatic rings. The van der Waals surface area contributed by atoms with Gasteiger partial charge in [0.05, 0.1) is 11.2 Å². The normalized spacial score (nSPS) is 10.3. The maximum Gasteiger partial charge on any atom is 0.321 e. The Bertz CT molecular complexity index is 544. The Morgan fingerprint density at radius 1 is 1.22 bits per heavy atom. The van der Waals surface area contributed by atoms with E-state index in [0.29, 0.717) is 13.1 Å². The molecule has 4 heteroatoms. The molecule has 2 rings (SSSR count). The number of hydrogen-bond donors (Lipinski definition) is 1.